The summed E-state index contributed by atoms with van der Waals surface area (Å²) in [6, 6.07) is 21.4. The Bertz CT molecular complexity index is 1240. The lowest BCUT2D eigenvalue weighted by Gasteiger charge is -2.33. The van der Waals surface area contributed by atoms with E-state index in [2.05, 4.69) is 6.07 Å². The van der Waals surface area contributed by atoms with E-state index in [4.69, 9.17) is 4.74 Å². The third-order valence-electron chi connectivity index (χ3n) is 6.37. The number of ether oxygens (including phenoxy) is 1. The Morgan fingerprint density at radius 2 is 1.79 bits per heavy atom. The van der Waals surface area contributed by atoms with E-state index in [-0.39, 0.29) is 11.8 Å². The number of hydrogen-bond donors (Lipinski definition) is 0. The number of nitrogens with zero attached hydrogens (tertiary/aromatic N) is 2. The highest BCUT2D eigenvalue weighted by atomic mass is 32.2. The summed E-state index contributed by atoms with van der Waals surface area (Å²) in [5, 5.41) is 0. The predicted molar refractivity (Wildman–Crippen MR) is 132 cm³/mol. The first-order valence-corrected chi connectivity index (χ1v) is 12.0. The lowest BCUT2D eigenvalue weighted by Crippen LogP contribution is -2.50. The van der Waals surface area contributed by atoms with Gasteiger partial charge in [-0.25, -0.2) is 0 Å². The van der Waals surface area contributed by atoms with Gasteiger partial charge in [-0.15, -0.1) is 11.8 Å². The van der Waals surface area contributed by atoms with Crippen LogP contribution in [0, 0.1) is 13.8 Å². The predicted octanol–water partition coefficient (Wildman–Crippen LogP) is 4.90. The molecular weight excluding hydrogens is 432 g/mol. The Morgan fingerprint density at radius 1 is 1.03 bits per heavy atom. The molecule has 1 atom stereocenters. The van der Waals surface area contributed by atoms with Crippen LogP contribution in [0.15, 0.2) is 66.7 Å². The van der Waals surface area contributed by atoms with Crippen LogP contribution >= 0.6 is 11.8 Å². The van der Waals surface area contributed by atoms with Gasteiger partial charge < -0.3 is 14.5 Å². The van der Waals surface area contributed by atoms with E-state index in [0.717, 1.165) is 33.7 Å². The number of benzene rings is 3. The molecule has 2 amide bonds. The first-order valence-electron chi connectivity index (χ1n) is 11.0. The quantitative estimate of drug-likeness (QED) is 0.558. The molecule has 0 aromatic heterocycles. The van der Waals surface area contributed by atoms with Crippen molar-refractivity contribution in [1.29, 1.82) is 0 Å². The number of aryl methyl sites for hydroxylation is 2. The topological polar surface area (TPSA) is 49.9 Å². The molecule has 1 fully saturated rings. The van der Waals surface area contributed by atoms with Crippen LogP contribution < -0.4 is 9.64 Å². The standard InChI is InChI=1S/C27H26N2O3S/c1-18-7-10-21(11-8-18)25(30)29-13-14-33-27(29)23-15-19(2)9-12-24(23)28(26(27)31)17-20-5-4-6-22(16-20)32-3/h4-12,15-16H,13-14,17H2,1-3H3/t27-/m0/s1. The zero-order valence-corrected chi connectivity index (χ0v) is 19.8. The van der Waals surface area contributed by atoms with Crippen LogP contribution in [-0.2, 0) is 16.2 Å². The maximum Gasteiger partial charge on any atom is 0.268 e. The summed E-state index contributed by atoms with van der Waals surface area (Å²) in [6.07, 6.45) is 0. The molecule has 6 heteroatoms. The second-order valence-corrected chi connectivity index (χ2v) is 9.87. The number of carbonyl (C=O) groups excluding carboxylic acids is 2. The fourth-order valence-corrected chi connectivity index (χ4v) is 6.14. The maximum atomic E-state index is 14.1. The van der Waals surface area contributed by atoms with Crippen LogP contribution in [0.2, 0.25) is 0 Å². The molecular formula is C27H26N2O3S. The molecule has 0 saturated carbocycles. The van der Waals surface area contributed by atoms with Crippen LogP contribution in [0.25, 0.3) is 0 Å². The third-order valence-corrected chi connectivity index (χ3v) is 7.79. The number of anilines is 1. The number of rotatable bonds is 4. The Kier molecular flexibility index (Phi) is 5.41. The highest BCUT2D eigenvalue weighted by Crippen LogP contribution is 2.55. The van der Waals surface area contributed by atoms with Crippen molar-refractivity contribution in [1.82, 2.24) is 4.90 Å². The Hall–Kier alpha value is -3.25. The summed E-state index contributed by atoms with van der Waals surface area (Å²) < 4.78 is 5.37. The van der Waals surface area contributed by atoms with Crippen LogP contribution in [-0.4, -0.2) is 36.1 Å². The van der Waals surface area contributed by atoms with Crippen molar-refractivity contribution < 1.29 is 14.3 Å². The van der Waals surface area contributed by atoms with E-state index in [9.17, 15) is 9.59 Å². The SMILES string of the molecule is COc1cccc(CN2C(=O)[C@@]3(SCCN3C(=O)c3ccc(C)cc3)c3cc(C)ccc32)c1. The summed E-state index contributed by atoms with van der Waals surface area (Å²) >= 11 is 1.56. The average Bonchev–Trinajstić information content (AvgIpc) is 3.36. The van der Waals surface area contributed by atoms with Crippen molar-refractivity contribution in [3.05, 3.63) is 94.5 Å². The molecule has 0 aliphatic carbocycles. The summed E-state index contributed by atoms with van der Waals surface area (Å²) in [7, 11) is 1.64. The van der Waals surface area contributed by atoms with Crippen molar-refractivity contribution >= 4 is 29.3 Å². The first-order chi connectivity index (χ1) is 15.9. The summed E-state index contributed by atoms with van der Waals surface area (Å²) in [4.78, 5) is 30.3. The molecule has 2 heterocycles. The molecule has 3 aromatic rings. The van der Waals surface area contributed by atoms with Gasteiger partial charge in [0, 0.05) is 23.4 Å². The van der Waals surface area contributed by atoms with Crippen molar-refractivity contribution in [3.8, 4) is 5.75 Å². The van der Waals surface area contributed by atoms with Gasteiger partial charge in [-0.1, -0.05) is 47.5 Å². The number of carbonyl (C=O) groups is 2. The minimum Gasteiger partial charge on any atom is -0.497 e. The molecule has 1 saturated heterocycles. The zero-order chi connectivity index (χ0) is 23.2. The molecule has 3 aromatic carbocycles. The monoisotopic (exact) mass is 458 g/mol. The molecule has 5 rings (SSSR count). The van der Waals surface area contributed by atoms with E-state index in [1.54, 1.807) is 23.8 Å². The maximum absolute atomic E-state index is 14.1. The number of thioether (sulfide) groups is 1. The van der Waals surface area contributed by atoms with E-state index in [0.29, 0.717) is 24.4 Å². The molecule has 1 spiro atoms. The van der Waals surface area contributed by atoms with Crippen LogP contribution in [0.4, 0.5) is 5.69 Å². The van der Waals surface area contributed by atoms with Crippen molar-refractivity contribution in [2.45, 2.75) is 25.3 Å². The lowest BCUT2D eigenvalue weighted by molar-refractivity contribution is -0.123. The van der Waals surface area contributed by atoms with Crippen molar-refractivity contribution in [2.24, 2.45) is 0 Å². The summed E-state index contributed by atoms with van der Waals surface area (Å²) in [6.45, 7) is 4.97. The van der Waals surface area contributed by atoms with Gasteiger partial charge in [0.15, 0.2) is 4.87 Å². The van der Waals surface area contributed by atoms with E-state index in [1.165, 1.54) is 0 Å². The largest absolute Gasteiger partial charge is 0.497 e. The average molecular weight is 459 g/mol. The molecule has 168 valence electrons. The van der Waals surface area contributed by atoms with Gasteiger partial charge in [-0.05, 0) is 49.7 Å². The molecule has 2 aliphatic heterocycles. The van der Waals surface area contributed by atoms with Gasteiger partial charge in [0.1, 0.15) is 5.75 Å². The molecule has 0 bridgehead atoms. The lowest BCUT2D eigenvalue weighted by atomic mass is 10.0. The number of amides is 2. The van der Waals surface area contributed by atoms with E-state index in [1.807, 2.05) is 79.4 Å². The Balaban J connectivity index is 1.58. The summed E-state index contributed by atoms with van der Waals surface area (Å²) in [5.41, 5.74) is 5.52. The van der Waals surface area contributed by atoms with Gasteiger partial charge in [-0.2, -0.15) is 0 Å². The summed E-state index contributed by atoms with van der Waals surface area (Å²) in [5.74, 6) is 1.30. The van der Waals surface area contributed by atoms with Gasteiger partial charge in [0.2, 0.25) is 0 Å². The number of fused-ring (bicyclic) bond motifs is 2. The molecule has 0 unspecified atom stereocenters. The van der Waals surface area contributed by atoms with Gasteiger partial charge >= 0.3 is 0 Å². The molecule has 33 heavy (non-hydrogen) atoms. The van der Waals surface area contributed by atoms with Crippen molar-refractivity contribution in [2.75, 3.05) is 24.3 Å². The molecule has 0 N–H and O–H groups in total. The fraction of sp³-hybridized carbons (Fsp3) is 0.259. The number of methoxy groups -OCH3 is 1. The van der Waals surface area contributed by atoms with Crippen LogP contribution in [0.3, 0.4) is 0 Å². The highest BCUT2D eigenvalue weighted by molar-refractivity contribution is 8.01. The van der Waals surface area contributed by atoms with Crippen molar-refractivity contribution in [3.63, 3.8) is 0 Å². The minimum atomic E-state index is -1.04. The molecule has 2 aliphatic rings. The normalized spacial score (nSPS) is 19.3. The molecule has 0 radical (unpaired) electrons. The Morgan fingerprint density at radius 3 is 2.55 bits per heavy atom. The van der Waals surface area contributed by atoms with E-state index < -0.39 is 4.87 Å². The van der Waals surface area contributed by atoms with Crippen LogP contribution in [0.1, 0.15) is 32.6 Å². The Labute approximate surface area is 198 Å². The zero-order valence-electron chi connectivity index (χ0n) is 19.0. The van der Waals surface area contributed by atoms with Gasteiger partial charge in [-0.3, -0.25) is 9.59 Å². The second-order valence-electron chi connectivity index (χ2n) is 8.58. The molecule has 5 nitrogen and oxygen atoms in total. The van der Waals surface area contributed by atoms with Crippen LogP contribution in [0.5, 0.6) is 5.75 Å². The third kappa shape index (κ3) is 3.49. The fourth-order valence-electron chi connectivity index (χ4n) is 4.69. The van der Waals surface area contributed by atoms with Gasteiger partial charge in [0.05, 0.1) is 19.3 Å². The highest BCUT2D eigenvalue weighted by Gasteiger charge is 2.59. The van der Waals surface area contributed by atoms with E-state index >= 15 is 0 Å². The number of hydrogen-bond acceptors (Lipinski definition) is 4. The minimum absolute atomic E-state index is 0.0612. The second kappa shape index (κ2) is 8.27. The van der Waals surface area contributed by atoms with Gasteiger partial charge in [0.25, 0.3) is 11.8 Å². The smallest absolute Gasteiger partial charge is 0.268 e. The first kappa shape index (κ1) is 21.6.